The molecule has 1 heterocycles. The number of carbonyl (C=O) groups is 1. The first-order chi connectivity index (χ1) is 7.79. The van der Waals surface area contributed by atoms with Crippen molar-refractivity contribution in [2.75, 3.05) is 32.8 Å². The molecular weight excluding hydrogens is 204 g/mol. The Hall–Kier alpha value is -0.610. The van der Waals surface area contributed by atoms with Crippen molar-refractivity contribution in [1.82, 2.24) is 10.2 Å². The van der Waals surface area contributed by atoms with Crippen LogP contribution in [0.2, 0.25) is 0 Å². The largest absolute Gasteiger partial charge is 0.378 e. The molecule has 4 nitrogen and oxygen atoms in total. The van der Waals surface area contributed by atoms with Crippen molar-refractivity contribution in [2.24, 2.45) is 5.92 Å². The fourth-order valence-corrected chi connectivity index (χ4v) is 2.11. The number of carbonyl (C=O) groups excluding carboxylic acids is 1. The van der Waals surface area contributed by atoms with Gasteiger partial charge in [-0.25, -0.2) is 0 Å². The molecule has 0 aromatic rings. The number of ether oxygens (including phenoxy) is 1. The highest BCUT2D eigenvalue weighted by molar-refractivity contribution is 5.76. The van der Waals surface area contributed by atoms with Crippen LogP contribution >= 0.6 is 0 Å². The van der Waals surface area contributed by atoms with Crippen LogP contribution in [0.25, 0.3) is 0 Å². The van der Waals surface area contributed by atoms with E-state index in [1.807, 2.05) is 4.90 Å². The Balaban J connectivity index is 1.74. The minimum atomic E-state index is 0.217. The molecule has 1 amide bonds. The van der Waals surface area contributed by atoms with Gasteiger partial charge >= 0.3 is 0 Å². The summed E-state index contributed by atoms with van der Waals surface area (Å²) < 4.78 is 5.36. The summed E-state index contributed by atoms with van der Waals surface area (Å²) in [5.41, 5.74) is 0. The Morgan fingerprint density at radius 3 is 2.88 bits per heavy atom. The summed E-state index contributed by atoms with van der Waals surface area (Å²) >= 11 is 0. The lowest BCUT2D eigenvalue weighted by atomic mass is 10.1. The Labute approximate surface area is 97.3 Å². The van der Waals surface area contributed by atoms with Gasteiger partial charge in [-0.1, -0.05) is 0 Å². The maximum Gasteiger partial charge on any atom is 0.224 e. The van der Waals surface area contributed by atoms with Gasteiger partial charge < -0.3 is 15.0 Å². The topological polar surface area (TPSA) is 41.6 Å². The van der Waals surface area contributed by atoms with Crippen molar-refractivity contribution in [3.63, 3.8) is 0 Å². The summed E-state index contributed by atoms with van der Waals surface area (Å²) in [6, 6.07) is 0.217. The maximum atomic E-state index is 12.0. The molecule has 1 atom stereocenters. The Kier molecular flexibility index (Phi) is 4.18. The van der Waals surface area contributed by atoms with E-state index < -0.39 is 0 Å². The number of hydrogen-bond acceptors (Lipinski definition) is 3. The van der Waals surface area contributed by atoms with E-state index in [-0.39, 0.29) is 11.9 Å². The smallest absolute Gasteiger partial charge is 0.224 e. The molecule has 16 heavy (non-hydrogen) atoms. The molecule has 4 heteroatoms. The third-order valence-electron chi connectivity index (χ3n) is 3.33. The van der Waals surface area contributed by atoms with Crippen LogP contribution in [0, 0.1) is 5.92 Å². The maximum absolute atomic E-state index is 12.0. The molecule has 2 aliphatic rings. The second-order valence-electron chi connectivity index (χ2n) is 4.81. The van der Waals surface area contributed by atoms with Crippen LogP contribution in [-0.4, -0.2) is 49.7 Å². The summed E-state index contributed by atoms with van der Waals surface area (Å²) in [4.78, 5) is 14.0. The molecule has 1 N–H and O–H groups in total. The molecule has 0 aromatic carbocycles. The van der Waals surface area contributed by atoms with Crippen molar-refractivity contribution < 1.29 is 9.53 Å². The summed E-state index contributed by atoms with van der Waals surface area (Å²) in [5.74, 6) is 1.05. The van der Waals surface area contributed by atoms with Crippen molar-refractivity contribution in [3.05, 3.63) is 0 Å². The van der Waals surface area contributed by atoms with E-state index in [0.717, 1.165) is 32.2 Å². The Morgan fingerprint density at radius 1 is 1.50 bits per heavy atom. The zero-order valence-electron chi connectivity index (χ0n) is 10.1. The highest BCUT2D eigenvalue weighted by Gasteiger charge is 2.27. The van der Waals surface area contributed by atoms with E-state index in [4.69, 9.17) is 4.74 Å². The number of hydrogen-bond donors (Lipinski definition) is 1. The SMILES string of the molecule is CCN(CC1CC1)C(=O)CC1COCCN1. The molecule has 2 fully saturated rings. The lowest BCUT2D eigenvalue weighted by Crippen LogP contribution is -2.45. The molecular formula is C12H22N2O2. The lowest BCUT2D eigenvalue weighted by molar-refractivity contribution is -0.132. The molecule has 2 rings (SSSR count). The van der Waals surface area contributed by atoms with Crippen LogP contribution in [0.3, 0.4) is 0 Å². The number of nitrogens with zero attached hydrogens (tertiary/aromatic N) is 1. The molecule has 1 unspecified atom stereocenters. The van der Waals surface area contributed by atoms with Crippen LogP contribution in [0.5, 0.6) is 0 Å². The van der Waals surface area contributed by atoms with E-state index in [0.29, 0.717) is 13.0 Å². The van der Waals surface area contributed by atoms with Crippen molar-refractivity contribution >= 4 is 5.91 Å². The highest BCUT2D eigenvalue weighted by atomic mass is 16.5. The van der Waals surface area contributed by atoms with Crippen LogP contribution in [0.15, 0.2) is 0 Å². The minimum absolute atomic E-state index is 0.217. The number of nitrogens with one attached hydrogen (secondary N) is 1. The van der Waals surface area contributed by atoms with Crippen molar-refractivity contribution in [1.29, 1.82) is 0 Å². The van der Waals surface area contributed by atoms with Gasteiger partial charge in [0, 0.05) is 32.1 Å². The van der Waals surface area contributed by atoms with E-state index in [9.17, 15) is 4.79 Å². The average molecular weight is 226 g/mol. The molecule has 1 saturated carbocycles. The highest BCUT2D eigenvalue weighted by Crippen LogP contribution is 2.29. The zero-order chi connectivity index (χ0) is 11.4. The fourth-order valence-electron chi connectivity index (χ4n) is 2.11. The molecule has 0 radical (unpaired) electrons. The fraction of sp³-hybridized carbons (Fsp3) is 0.917. The molecule has 0 spiro atoms. The quantitative estimate of drug-likeness (QED) is 0.747. The van der Waals surface area contributed by atoms with Gasteiger partial charge in [-0.3, -0.25) is 4.79 Å². The van der Waals surface area contributed by atoms with Crippen molar-refractivity contribution in [2.45, 2.75) is 32.2 Å². The van der Waals surface area contributed by atoms with Gasteiger partial charge in [0.05, 0.1) is 13.2 Å². The van der Waals surface area contributed by atoms with E-state index in [2.05, 4.69) is 12.2 Å². The zero-order valence-corrected chi connectivity index (χ0v) is 10.1. The van der Waals surface area contributed by atoms with Gasteiger partial charge in [0.25, 0.3) is 0 Å². The van der Waals surface area contributed by atoms with Gasteiger partial charge in [-0.2, -0.15) is 0 Å². The first kappa shape index (κ1) is 11.9. The Bertz CT molecular complexity index is 235. The predicted octanol–water partition coefficient (Wildman–Crippen LogP) is 0.623. The van der Waals surface area contributed by atoms with Gasteiger partial charge in [0.2, 0.25) is 5.91 Å². The molecule has 1 aliphatic carbocycles. The number of amides is 1. The standard InChI is InChI=1S/C12H22N2O2/c1-2-14(8-10-3-4-10)12(15)7-11-9-16-6-5-13-11/h10-11,13H,2-9H2,1H3. The number of rotatable bonds is 5. The normalized spacial score (nSPS) is 25.4. The van der Waals surface area contributed by atoms with Gasteiger partial charge in [0.15, 0.2) is 0 Å². The average Bonchev–Trinajstić information content (AvgIpc) is 3.11. The molecule has 1 aliphatic heterocycles. The molecule has 0 bridgehead atoms. The van der Waals surface area contributed by atoms with Crippen LogP contribution in [0.4, 0.5) is 0 Å². The molecule has 92 valence electrons. The van der Waals surface area contributed by atoms with E-state index >= 15 is 0 Å². The third kappa shape index (κ3) is 3.46. The van der Waals surface area contributed by atoms with E-state index in [1.165, 1.54) is 12.8 Å². The monoisotopic (exact) mass is 226 g/mol. The Morgan fingerprint density at radius 2 is 2.31 bits per heavy atom. The predicted molar refractivity (Wildman–Crippen MR) is 62.2 cm³/mol. The molecule has 0 aromatic heterocycles. The summed E-state index contributed by atoms with van der Waals surface area (Å²) in [7, 11) is 0. The first-order valence-corrected chi connectivity index (χ1v) is 6.38. The summed E-state index contributed by atoms with van der Waals surface area (Å²) in [5, 5.41) is 3.33. The minimum Gasteiger partial charge on any atom is -0.378 e. The lowest BCUT2D eigenvalue weighted by Gasteiger charge is -2.27. The second-order valence-corrected chi connectivity index (χ2v) is 4.81. The van der Waals surface area contributed by atoms with Crippen LogP contribution in [0.1, 0.15) is 26.2 Å². The second kappa shape index (κ2) is 5.64. The molecule has 1 saturated heterocycles. The number of morpholine rings is 1. The van der Waals surface area contributed by atoms with Crippen LogP contribution in [-0.2, 0) is 9.53 Å². The van der Waals surface area contributed by atoms with Gasteiger partial charge in [0.1, 0.15) is 0 Å². The van der Waals surface area contributed by atoms with Gasteiger partial charge in [-0.15, -0.1) is 0 Å². The van der Waals surface area contributed by atoms with Crippen molar-refractivity contribution in [3.8, 4) is 0 Å². The summed E-state index contributed by atoms with van der Waals surface area (Å²) in [6.07, 6.45) is 3.18. The third-order valence-corrected chi connectivity index (χ3v) is 3.33. The van der Waals surface area contributed by atoms with Gasteiger partial charge in [-0.05, 0) is 25.7 Å². The van der Waals surface area contributed by atoms with E-state index in [1.54, 1.807) is 0 Å². The van der Waals surface area contributed by atoms with Crippen LogP contribution < -0.4 is 5.32 Å². The summed E-state index contributed by atoms with van der Waals surface area (Å²) in [6.45, 7) is 6.17. The first-order valence-electron chi connectivity index (χ1n) is 6.38.